The van der Waals surface area contributed by atoms with E-state index in [1.807, 2.05) is 0 Å². The van der Waals surface area contributed by atoms with Gasteiger partial charge in [0.2, 0.25) is 0 Å². The molecule has 0 aromatic rings. The van der Waals surface area contributed by atoms with Crippen molar-refractivity contribution in [3.05, 3.63) is 0 Å². The van der Waals surface area contributed by atoms with Crippen LogP contribution in [0.2, 0.25) is 0 Å². The molecular formula is C9H18O3. The van der Waals surface area contributed by atoms with Crippen molar-refractivity contribution in [1.82, 2.24) is 0 Å². The van der Waals surface area contributed by atoms with Crippen LogP contribution in [0.25, 0.3) is 0 Å². The quantitative estimate of drug-likeness (QED) is 0.409. The second kappa shape index (κ2) is 6.40. The molecule has 1 aliphatic heterocycles. The topological polar surface area (TPSA) is 31.0 Å². The lowest BCUT2D eigenvalue weighted by atomic mass is 10.2. The van der Waals surface area contributed by atoms with Crippen LogP contribution < -0.4 is 0 Å². The maximum atomic E-state index is 5.37. The largest absolute Gasteiger partial charge is 0.385 e. The molecule has 0 aromatic carbocycles. The van der Waals surface area contributed by atoms with Gasteiger partial charge in [-0.05, 0) is 19.3 Å². The summed E-state index contributed by atoms with van der Waals surface area (Å²) in [6.45, 7) is 3.41. The summed E-state index contributed by atoms with van der Waals surface area (Å²) in [6.07, 6.45) is 3.87. The smallest absolute Gasteiger partial charge is 0.104 e. The average molecular weight is 174 g/mol. The molecule has 0 radical (unpaired) electrons. The highest BCUT2D eigenvalue weighted by Crippen LogP contribution is 2.08. The number of hydrogen-bond donors (Lipinski definition) is 0. The summed E-state index contributed by atoms with van der Waals surface area (Å²) in [5, 5.41) is 0. The van der Waals surface area contributed by atoms with E-state index in [4.69, 9.17) is 14.2 Å². The Morgan fingerprint density at radius 3 is 2.67 bits per heavy atom. The van der Waals surface area contributed by atoms with Crippen molar-refractivity contribution in [2.75, 3.05) is 33.5 Å². The fraction of sp³-hybridized carbons (Fsp3) is 1.00. The second-order valence-electron chi connectivity index (χ2n) is 3.08. The zero-order chi connectivity index (χ0) is 8.65. The summed E-state index contributed by atoms with van der Waals surface area (Å²) in [7, 11) is 1.74. The van der Waals surface area contributed by atoms with Gasteiger partial charge in [-0.25, -0.2) is 0 Å². The molecular weight excluding hydrogens is 156 g/mol. The Labute approximate surface area is 74.0 Å². The van der Waals surface area contributed by atoms with E-state index in [1.54, 1.807) is 7.11 Å². The van der Waals surface area contributed by atoms with Gasteiger partial charge in [-0.3, -0.25) is 0 Å². The van der Waals surface area contributed by atoms with Crippen LogP contribution in [0.4, 0.5) is 0 Å². The van der Waals surface area contributed by atoms with Gasteiger partial charge in [-0.1, -0.05) is 0 Å². The van der Waals surface area contributed by atoms with Gasteiger partial charge >= 0.3 is 0 Å². The van der Waals surface area contributed by atoms with Crippen molar-refractivity contribution in [1.29, 1.82) is 0 Å². The molecule has 0 aromatic heterocycles. The molecule has 3 nitrogen and oxygen atoms in total. The van der Waals surface area contributed by atoms with Crippen molar-refractivity contribution in [3.8, 4) is 0 Å². The van der Waals surface area contributed by atoms with Gasteiger partial charge < -0.3 is 14.2 Å². The summed E-state index contributed by atoms with van der Waals surface area (Å²) in [5.41, 5.74) is 0. The Kier molecular flexibility index (Phi) is 5.32. The molecule has 3 heteroatoms. The van der Waals surface area contributed by atoms with Crippen molar-refractivity contribution in [2.45, 2.75) is 25.4 Å². The molecule has 1 fully saturated rings. The fourth-order valence-corrected chi connectivity index (χ4v) is 1.01. The van der Waals surface area contributed by atoms with Gasteiger partial charge in [0.05, 0.1) is 13.2 Å². The molecule has 1 rings (SSSR count). The maximum Gasteiger partial charge on any atom is 0.104 e. The van der Waals surface area contributed by atoms with E-state index in [1.165, 1.54) is 6.42 Å². The Hall–Kier alpha value is -0.120. The predicted molar refractivity (Wildman–Crippen MR) is 46.3 cm³/mol. The summed E-state index contributed by atoms with van der Waals surface area (Å²) in [5.74, 6) is 0. The molecule has 0 amide bonds. The van der Waals surface area contributed by atoms with Crippen LogP contribution in [0, 0.1) is 0 Å². The molecule has 1 atom stereocenters. The molecule has 0 bridgehead atoms. The fourth-order valence-electron chi connectivity index (χ4n) is 1.01. The van der Waals surface area contributed by atoms with E-state index in [2.05, 4.69) is 0 Å². The van der Waals surface area contributed by atoms with Gasteiger partial charge in [0.25, 0.3) is 0 Å². The molecule has 12 heavy (non-hydrogen) atoms. The number of hydrogen-bond acceptors (Lipinski definition) is 3. The molecule has 1 unspecified atom stereocenters. The Morgan fingerprint density at radius 1 is 1.25 bits per heavy atom. The normalized spacial score (nSPS) is 21.2. The van der Waals surface area contributed by atoms with Crippen LogP contribution >= 0.6 is 0 Å². The zero-order valence-corrected chi connectivity index (χ0v) is 7.75. The standard InChI is InChI=1S/C9H18O3/c1-10-5-3-2-4-6-11-7-9-8-12-9/h9H,2-8H2,1H3. The molecule has 0 saturated carbocycles. The lowest BCUT2D eigenvalue weighted by Gasteiger charge is -2.01. The number of epoxide rings is 1. The second-order valence-corrected chi connectivity index (χ2v) is 3.08. The summed E-state index contributed by atoms with van der Waals surface area (Å²) < 4.78 is 15.3. The zero-order valence-electron chi connectivity index (χ0n) is 7.75. The van der Waals surface area contributed by atoms with Crippen LogP contribution in [0.15, 0.2) is 0 Å². The highest BCUT2D eigenvalue weighted by atomic mass is 16.6. The van der Waals surface area contributed by atoms with E-state index < -0.39 is 0 Å². The van der Waals surface area contributed by atoms with E-state index in [0.29, 0.717) is 6.10 Å². The molecule has 0 spiro atoms. The highest BCUT2D eigenvalue weighted by molar-refractivity contribution is 4.66. The maximum absolute atomic E-state index is 5.37. The van der Waals surface area contributed by atoms with E-state index >= 15 is 0 Å². The van der Waals surface area contributed by atoms with E-state index in [9.17, 15) is 0 Å². The van der Waals surface area contributed by atoms with Crippen molar-refractivity contribution in [2.24, 2.45) is 0 Å². The molecule has 1 aliphatic rings. The third-order valence-electron chi connectivity index (χ3n) is 1.84. The third-order valence-corrected chi connectivity index (χ3v) is 1.84. The highest BCUT2D eigenvalue weighted by Gasteiger charge is 2.21. The van der Waals surface area contributed by atoms with Gasteiger partial charge in [0.15, 0.2) is 0 Å². The van der Waals surface area contributed by atoms with Crippen LogP contribution in [-0.4, -0.2) is 39.6 Å². The number of methoxy groups -OCH3 is 1. The SMILES string of the molecule is COCCCCCOCC1CO1. The van der Waals surface area contributed by atoms with Gasteiger partial charge in [-0.15, -0.1) is 0 Å². The minimum atomic E-state index is 0.406. The van der Waals surface area contributed by atoms with Crippen molar-refractivity contribution in [3.63, 3.8) is 0 Å². The number of rotatable bonds is 8. The first-order chi connectivity index (χ1) is 5.93. The minimum Gasteiger partial charge on any atom is -0.385 e. The van der Waals surface area contributed by atoms with Gasteiger partial charge in [-0.2, -0.15) is 0 Å². The predicted octanol–water partition coefficient (Wildman–Crippen LogP) is 1.22. The van der Waals surface area contributed by atoms with E-state index in [0.717, 1.165) is 39.3 Å². The van der Waals surface area contributed by atoms with Crippen LogP contribution in [0.5, 0.6) is 0 Å². The molecule has 1 saturated heterocycles. The third kappa shape index (κ3) is 5.52. The van der Waals surface area contributed by atoms with Crippen molar-refractivity contribution < 1.29 is 14.2 Å². The van der Waals surface area contributed by atoms with Crippen molar-refractivity contribution >= 4 is 0 Å². The summed E-state index contributed by atoms with van der Waals surface area (Å²) in [4.78, 5) is 0. The molecule has 72 valence electrons. The number of ether oxygens (including phenoxy) is 3. The van der Waals surface area contributed by atoms with Gasteiger partial charge in [0, 0.05) is 20.3 Å². The molecule has 1 heterocycles. The minimum absolute atomic E-state index is 0.406. The summed E-state index contributed by atoms with van der Waals surface area (Å²) in [6, 6.07) is 0. The monoisotopic (exact) mass is 174 g/mol. The Bertz CT molecular complexity index is 102. The van der Waals surface area contributed by atoms with Gasteiger partial charge in [0.1, 0.15) is 6.10 Å². The first kappa shape index (κ1) is 9.96. The van der Waals surface area contributed by atoms with Crippen LogP contribution in [0.1, 0.15) is 19.3 Å². The summed E-state index contributed by atoms with van der Waals surface area (Å²) >= 11 is 0. The average Bonchev–Trinajstić information content (AvgIpc) is 2.87. The van der Waals surface area contributed by atoms with Crippen LogP contribution in [0.3, 0.4) is 0 Å². The Balaban J connectivity index is 1.65. The number of unbranched alkanes of at least 4 members (excludes halogenated alkanes) is 2. The van der Waals surface area contributed by atoms with E-state index in [-0.39, 0.29) is 0 Å². The Morgan fingerprint density at radius 2 is 2.00 bits per heavy atom. The first-order valence-corrected chi connectivity index (χ1v) is 4.62. The lowest BCUT2D eigenvalue weighted by molar-refractivity contribution is 0.110. The lowest BCUT2D eigenvalue weighted by Crippen LogP contribution is -2.02. The van der Waals surface area contributed by atoms with Crippen LogP contribution in [-0.2, 0) is 14.2 Å². The molecule has 0 aliphatic carbocycles. The first-order valence-electron chi connectivity index (χ1n) is 4.62. The molecule has 0 N–H and O–H groups in total.